The Balaban J connectivity index is 1.34. The van der Waals surface area contributed by atoms with E-state index in [9.17, 15) is 14.0 Å². The predicted octanol–water partition coefficient (Wildman–Crippen LogP) is -6.12. The van der Waals surface area contributed by atoms with Gasteiger partial charge >= 0.3 is 0 Å². The van der Waals surface area contributed by atoms with Crippen LogP contribution in [0.4, 0.5) is 4.39 Å². The number of hydrogen-bond donors (Lipinski definition) is 2. The summed E-state index contributed by atoms with van der Waals surface area (Å²) in [6.07, 6.45) is 5.53. The Morgan fingerprint density at radius 3 is 2.11 bits per heavy atom. The summed E-state index contributed by atoms with van der Waals surface area (Å²) < 4.78 is 15.0. The van der Waals surface area contributed by atoms with Crippen LogP contribution in [0.2, 0.25) is 0 Å². The van der Waals surface area contributed by atoms with E-state index >= 15 is 0 Å². The van der Waals surface area contributed by atoms with Gasteiger partial charge < -0.3 is 20.4 Å². The third kappa shape index (κ3) is 6.15. The first-order valence-corrected chi connectivity index (χ1v) is 16.3. The molecule has 0 bridgehead atoms. The third-order valence-corrected chi connectivity index (χ3v) is 11.6. The number of carbonyl (C=O) groups is 2. The lowest BCUT2D eigenvalue weighted by atomic mass is 9.26. The number of carbonyl (C=O) groups excluding carboxylic acids is 2. The van der Waals surface area contributed by atoms with Crippen molar-refractivity contribution in [1.29, 1.82) is 0 Å². The van der Waals surface area contributed by atoms with Crippen molar-refractivity contribution >= 4 is 74.6 Å². The minimum absolute atomic E-state index is 0.0764. The molecule has 46 heavy (non-hydrogen) atoms. The molecule has 3 atom stereocenters. The fourth-order valence-corrected chi connectivity index (χ4v) is 7.18. The topological polar surface area (TPSA) is 95.4 Å². The molecule has 1 saturated heterocycles. The number of nitrogens with one attached hydrogen (secondary N) is 2. The number of aromatic nitrogens is 3. The van der Waals surface area contributed by atoms with Crippen molar-refractivity contribution in [1.82, 2.24) is 35.4 Å². The van der Waals surface area contributed by atoms with E-state index in [1.54, 1.807) is 29.2 Å². The van der Waals surface area contributed by atoms with Gasteiger partial charge in [0.15, 0.2) is 0 Å². The SMILES string of the molecule is BC1(B)N(C)C(B)(B)C(B)(B)N(C(=O)[C@H](CCCN[C@@H]2C[C@H]2c2ccc(F)cc2)NC(=O)c2ccc(-n3ccnn3)cc2)C1(B)B. The second-order valence-electron chi connectivity index (χ2n) is 15.0. The zero-order chi connectivity index (χ0) is 33.7. The minimum Gasteiger partial charge on any atom is -0.361 e. The molecule has 1 aliphatic heterocycles. The average molecular weight is 614 g/mol. The highest BCUT2D eigenvalue weighted by Crippen LogP contribution is 2.42. The van der Waals surface area contributed by atoms with Gasteiger partial charge in [0.2, 0.25) is 5.91 Å². The lowest BCUT2D eigenvalue weighted by molar-refractivity contribution is -0.144. The quantitative estimate of drug-likeness (QED) is 0.175. The molecule has 3 aromatic rings. The second-order valence-corrected chi connectivity index (χ2v) is 15.0. The Labute approximate surface area is 279 Å². The van der Waals surface area contributed by atoms with Gasteiger partial charge in [0.1, 0.15) is 74.6 Å². The molecule has 2 aliphatic rings. The molecule has 2 N–H and O–H groups in total. The fourth-order valence-electron chi connectivity index (χ4n) is 7.18. The van der Waals surface area contributed by atoms with Crippen LogP contribution in [0.3, 0.4) is 0 Å². The normalized spacial score (nSPS) is 23.3. The van der Waals surface area contributed by atoms with Gasteiger partial charge in [-0.05, 0) is 96.2 Å². The first kappa shape index (κ1) is 34.2. The minimum atomic E-state index is -0.718. The van der Waals surface area contributed by atoms with Crippen molar-refractivity contribution in [3.63, 3.8) is 0 Å². The van der Waals surface area contributed by atoms with Crippen LogP contribution < -0.4 is 10.6 Å². The highest BCUT2D eigenvalue weighted by molar-refractivity contribution is 6.61. The highest BCUT2D eigenvalue weighted by Gasteiger charge is 2.62. The van der Waals surface area contributed by atoms with Gasteiger partial charge in [-0.1, -0.05) is 17.3 Å². The summed E-state index contributed by atoms with van der Waals surface area (Å²) >= 11 is 0. The summed E-state index contributed by atoms with van der Waals surface area (Å²) in [7, 11) is 19.4. The zero-order valence-corrected chi connectivity index (χ0v) is 28.8. The number of halogens is 1. The maximum absolute atomic E-state index is 14.8. The van der Waals surface area contributed by atoms with Crippen LogP contribution in [0.15, 0.2) is 60.9 Å². The van der Waals surface area contributed by atoms with E-state index in [1.807, 2.05) is 29.2 Å². The lowest BCUT2D eigenvalue weighted by Crippen LogP contribution is -2.92. The van der Waals surface area contributed by atoms with E-state index in [1.165, 1.54) is 12.1 Å². The van der Waals surface area contributed by atoms with Crippen LogP contribution in [-0.4, -0.2) is 146 Å². The van der Waals surface area contributed by atoms with E-state index in [0.29, 0.717) is 36.9 Å². The molecule has 9 nitrogen and oxygen atoms in total. The van der Waals surface area contributed by atoms with E-state index < -0.39 is 16.7 Å². The number of hydrogen-bond acceptors (Lipinski definition) is 6. The van der Waals surface area contributed by atoms with Crippen molar-refractivity contribution in [3.8, 4) is 5.69 Å². The van der Waals surface area contributed by atoms with Gasteiger partial charge in [-0.2, -0.15) is 0 Å². The maximum Gasteiger partial charge on any atom is 0.251 e. The molecular formula is C28H42B8FN7O2. The van der Waals surface area contributed by atoms with Gasteiger partial charge in [-0.3, -0.25) is 9.59 Å². The average Bonchev–Trinajstić information content (AvgIpc) is 3.55. The third-order valence-electron chi connectivity index (χ3n) is 11.6. The standard InChI is InChI=1S/C28H42B8FN7O2/c1-42-25(29,30)27(33,34)44(28(35,36)26(42,31)32)24(46)21(3-2-12-38-22-15-20(22)16-4-8-18(37)9-5-16)40-23(45)17-6-10-19(11-7-17)43-14-13-39-41-43/h4-11,13-14,20-22,38H,2-3,12,15,29-36H2,1H3,(H,40,45)/t20-,21-,22+/m0/s1. The first-order chi connectivity index (χ1) is 21.5. The zero-order valence-electron chi connectivity index (χ0n) is 28.8. The van der Waals surface area contributed by atoms with Gasteiger partial charge in [-0.15, -0.1) is 5.10 Å². The van der Waals surface area contributed by atoms with Gasteiger partial charge in [0, 0.05) is 17.5 Å². The van der Waals surface area contributed by atoms with Crippen LogP contribution in [0.5, 0.6) is 0 Å². The number of likely N-dealkylation sites (N-methyl/N-ethyl adjacent to an activating group) is 1. The van der Waals surface area contributed by atoms with Gasteiger partial charge in [0.05, 0.1) is 18.1 Å². The molecule has 18 heteroatoms. The molecule has 1 aliphatic carbocycles. The highest BCUT2D eigenvalue weighted by atomic mass is 19.1. The van der Waals surface area contributed by atoms with Crippen molar-refractivity contribution in [2.45, 2.75) is 58.6 Å². The molecule has 232 valence electrons. The Kier molecular flexibility index (Phi) is 9.29. The number of piperazine rings is 1. The van der Waals surface area contributed by atoms with E-state index in [0.717, 1.165) is 17.7 Å². The smallest absolute Gasteiger partial charge is 0.251 e. The largest absolute Gasteiger partial charge is 0.361 e. The summed E-state index contributed by atoms with van der Waals surface area (Å²) in [5.41, 5.74) is 2.40. The second kappa shape index (κ2) is 12.5. The van der Waals surface area contributed by atoms with Crippen LogP contribution in [0, 0.1) is 5.82 Å². The molecule has 5 rings (SSSR count). The van der Waals surface area contributed by atoms with Crippen LogP contribution >= 0.6 is 0 Å². The van der Waals surface area contributed by atoms with Crippen molar-refractivity contribution in [2.75, 3.05) is 13.6 Å². The Bertz CT molecular complexity index is 1530. The van der Waals surface area contributed by atoms with E-state index in [2.05, 4.69) is 95.7 Å². The molecule has 1 aromatic heterocycles. The predicted molar refractivity (Wildman–Crippen MR) is 201 cm³/mol. The molecule has 2 aromatic carbocycles. The van der Waals surface area contributed by atoms with E-state index in [4.69, 9.17) is 0 Å². The fraction of sp³-hybridized carbons (Fsp3) is 0.429. The summed E-state index contributed by atoms with van der Waals surface area (Å²) in [4.78, 5) is 32.9. The number of rotatable bonds is 10. The summed E-state index contributed by atoms with van der Waals surface area (Å²) in [5, 5.41) is 12.8. The molecule has 2 heterocycles. The summed E-state index contributed by atoms with van der Waals surface area (Å²) in [5.74, 6) is -0.225. The van der Waals surface area contributed by atoms with Crippen molar-refractivity contribution in [2.24, 2.45) is 0 Å². The summed E-state index contributed by atoms with van der Waals surface area (Å²) in [6, 6.07) is 13.5. The maximum atomic E-state index is 14.8. The van der Waals surface area contributed by atoms with Crippen molar-refractivity contribution < 1.29 is 14.0 Å². The van der Waals surface area contributed by atoms with Crippen LogP contribution in [0.1, 0.15) is 41.1 Å². The first-order valence-electron chi connectivity index (χ1n) is 16.3. The molecule has 0 radical (unpaired) electrons. The Hall–Kier alpha value is -3.11. The molecule has 0 unspecified atom stereocenters. The lowest BCUT2D eigenvalue weighted by Gasteiger charge is -2.73. The van der Waals surface area contributed by atoms with Crippen LogP contribution in [0.25, 0.3) is 5.69 Å². The Morgan fingerprint density at radius 2 is 1.54 bits per heavy atom. The van der Waals surface area contributed by atoms with Gasteiger partial charge in [-0.25, -0.2) is 9.07 Å². The molecule has 2 fully saturated rings. The van der Waals surface area contributed by atoms with Crippen molar-refractivity contribution in [3.05, 3.63) is 77.9 Å². The monoisotopic (exact) mass is 615 g/mol. The van der Waals surface area contributed by atoms with Crippen LogP contribution in [-0.2, 0) is 4.79 Å². The molecular weight excluding hydrogens is 572 g/mol. The molecule has 0 spiro atoms. The number of nitrogens with zero attached hydrogens (tertiary/aromatic N) is 5. The molecule has 2 amide bonds. The summed E-state index contributed by atoms with van der Waals surface area (Å²) in [6.45, 7) is 0.709. The Morgan fingerprint density at radius 1 is 0.935 bits per heavy atom. The number of amides is 2. The van der Waals surface area contributed by atoms with Gasteiger partial charge in [0.25, 0.3) is 5.91 Å². The van der Waals surface area contributed by atoms with E-state index in [-0.39, 0.29) is 28.3 Å². The molecule has 1 saturated carbocycles. The number of benzene rings is 2.